The van der Waals surface area contributed by atoms with Crippen molar-refractivity contribution < 1.29 is 9.21 Å². The van der Waals surface area contributed by atoms with Gasteiger partial charge in [-0.1, -0.05) is 40.9 Å². The topological polar surface area (TPSA) is 103 Å². The van der Waals surface area contributed by atoms with E-state index >= 15 is 0 Å². The SMILES string of the molecule is Cn1ncc(Cl)c1-c1cc(C(=O)N[C@@H]2CNC(CCn3cncn3)C[C@H]2c2ccc(Cl)c(Cl)c2)oc1Cl. The van der Waals surface area contributed by atoms with E-state index in [0.29, 0.717) is 32.9 Å². The van der Waals surface area contributed by atoms with Gasteiger partial charge in [-0.25, -0.2) is 4.98 Å². The number of aryl methyl sites for hydroxylation is 2. The Labute approximate surface area is 233 Å². The van der Waals surface area contributed by atoms with Gasteiger partial charge in [-0.2, -0.15) is 10.2 Å². The maximum absolute atomic E-state index is 13.3. The predicted octanol–water partition coefficient (Wildman–Crippen LogP) is 5.22. The van der Waals surface area contributed by atoms with Gasteiger partial charge >= 0.3 is 0 Å². The van der Waals surface area contributed by atoms with E-state index in [-0.39, 0.29) is 34.9 Å². The van der Waals surface area contributed by atoms with E-state index in [1.165, 1.54) is 12.5 Å². The second-order valence-electron chi connectivity index (χ2n) is 8.91. The number of amides is 1. The molecule has 0 radical (unpaired) electrons. The Kier molecular flexibility index (Phi) is 7.78. The van der Waals surface area contributed by atoms with Crippen molar-refractivity contribution in [3.05, 3.63) is 74.7 Å². The highest BCUT2D eigenvalue weighted by Crippen LogP contribution is 2.36. The Morgan fingerprint density at radius 2 is 2.00 bits per heavy atom. The van der Waals surface area contributed by atoms with E-state index in [4.69, 9.17) is 50.8 Å². The van der Waals surface area contributed by atoms with Crippen LogP contribution in [0.2, 0.25) is 20.3 Å². The molecule has 0 saturated carbocycles. The quantitative estimate of drug-likeness (QED) is 0.310. The minimum atomic E-state index is -0.385. The normalized spacial score (nSPS) is 19.8. The van der Waals surface area contributed by atoms with Crippen molar-refractivity contribution in [1.29, 1.82) is 0 Å². The molecule has 1 amide bonds. The fourth-order valence-electron chi connectivity index (χ4n) is 4.70. The minimum Gasteiger partial charge on any atom is -0.439 e. The molecule has 0 bridgehead atoms. The molecule has 3 atom stereocenters. The standard InChI is InChI=1S/C24H23Cl4N7O2/c1-34-22(19(27)9-31-34)16-8-21(37-23(16)28)24(36)33-20-10-30-14(4-5-35-12-29-11-32-35)7-15(20)13-2-3-17(25)18(26)6-13/h2-3,6,8-9,11-12,14-15,20,30H,4-5,7,10H2,1H3,(H,33,36)/t14?,15-,20+/m0/s1. The van der Waals surface area contributed by atoms with E-state index in [2.05, 4.69) is 25.8 Å². The maximum atomic E-state index is 13.3. The molecule has 0 aliphatic carbocycles. The van der Waals surface area contributed by atoms with Gasteiger partial charge in [-0.3, -0.25) is 14.2 Å². The van der Waals surface area contributed by atoms with Gasteiger partial charge in [0.05, 0.1) is 32.5 Å². The number of nitrogens with zero attached hydrogens (tertiary/aromatic N) is 5. The van der Waals surface area contributed by atoms with Crippen LogP contribution in [0.4, 0.5) is 0 Å². The summed E-state index contributed by atoms with van der Waals surface area (Å²) in [5.74, 6) is -0.319. The third-order valence-corrected chi connectivity index (χ3v) is 7.87. The van der Waals surface area contributed by atoms with Crippen LogP contribution in [0.3, 0.4) is 0 Å². The van der Waals surface area contributed by atoms with Crippen molar-refractivity contribution in [1.82, 2.24) is 35.2 Å². The molecular formula is C24H23Cl4N7O2. The summed E-state index contributed by atoms with van der Waals surface area (Å²) >= 11 is 25.1. The average Bonchev–Trinajstić information content (AvgIpc) is 3.61. The molecule has 1 saturated heterocycles. The fourth-order valence-corrected chi connectivity index (χ4v) is 5.51. The van der Waals surface area contributed by atoms with Crippen LogP contribution in [0.25, 0.3) is 11.3 Å². The second kappa shape index (κ2) is 11.0. The Hall–Kier alpha value is -2.56. The van der Waals surface area contributed by atoms with Gasteiger partial charge in [0.25, 0.3) is 5.91 Å². The van der Waals surface area contributed by atoms with Crippen LogP contribution in [0.1, 0.15) is 34.9 Å². The van der Waals surface area contributed by atoms with E-state index in [0.717, 1.165) is 24.9 Å². The van der Waals surface area contributed by atoms with Gasteiger partial charge < -0.3 is 15.1 Å². The van der Waals surface area contributed by atoms with Gasteiger partial charge in [0.15, 0.2) is 5.76 Å². The number of halogens is 4. The van der Waals surface area contributed by atoms with Crippen molar-refractivity contribution in [2.45, 2.75) is 37.4 Å². The lowest BCUT2D eigenvalue weighted by molar-refractivity contribution is 0.0890. The van der Waals surface area contributed by atoms with E-state index in [1.807, 2.05) is 12.1 Å². The molecule has 1 unspecified atom stereocenters. The molecule has 3 aromatic heterocycles. The summed E-state index contributed by atoms with van der Waals surface area (Å²) < 4.78 is 8.98. The van der Waals surface area contributed by atoms with Crippen molar-refractivity contribution in [3.63, 3.8) is 0 Å². The van der Waals surface area contributed by atoms with Gasteiger partial charge in [0.2, 0.25) is 5.22 Å². The third-order valence-electron chi connectivity index (χ3n) is 6.57. The van der Waals surface area contributed by atoms with Crippen LogP contribution in [-0.4, -0.2) is 49.1 Å². The highest BCUT2D eigenvalue weighted by atomic mass is 35.5. The van der Waals surface area contributed by atoms with Crippen molar-refractivity contribution in [2.24, 2.45) is 7.05 Å². The smallest absolute Gasteiger partial charge is 0.287 e. The Morgan fingerprint density at radius 3 is 2.70 bits per heavy atom. The number of benzene rings is 1. The molecular weight excluding hydrogens is 560 g/mol. The minimum absolute atomic E-state index is 0.0165. The number of nitrogens with one attached hydrogen (secondary N) is 2. The molecule has 9 nitrogen and oxygen atoms in total. The molecule has 1 aliphatic heterocycles. The number of hydrogen-bond acceptors (Lipinski definition) is 6. The van der Waals surface area contributed by atoms with Crippen LogP contribution in [0.5, 0.6) is 0 Å². The van der Waals surface area contributed by atoms with E-state index < -0.39 is 0 Å². The average molecular weight is 583 g/mol. The summed E-state index contributed by atoms with van der Waals surface area (Å²) in [6, 6.07) is 7.13. The lowest BCUT2D eigenvalue weighted by Crippen LogP contribution is -2.53. The van der Waals surface area contributed by atoms with Crippen molar-refractivity contribution >= 4 is 52.3 Å². The molecule has 0 spiro atoms. The maximum Gasteiger partial charge on any atom is 0.287 e. The first-order valence-corrected chi connectivity index (χ1v) is 13.1. The number of piperidine rings is 1. The summed E-state index contributed by atoms with van der Waals surface area (Å²) in [5.41, 5.74) is 2.05. The highest BCUT2D eigenvalue weighted by Gasteiger charge is 2.34. The van der Waals surface area contributed by atoms with E-state index in [1.54, 1.807) is 34.9 Å². The fraction of sp³-hybridized carbons (Fsp3) is 0.333. The van der Waals surface area contributed by atoms with Crippen LogP contribution in [0.15, 0.2) is 47.5 Å². The van der Waals surface area contributed by atoms with Crippen LogP contribution < -0.4 is 10.6 Å². The molecule has 2 N–H and O–H groups in total. The zero-order valence-corrected chi connectivity index (χ0v) is 22.7. The number of hydrogen-bond donors (Lipinski definition) is 2. The first-order valence-electron chi connectivity index (χ1n) is 11.6. The second-order valence-corrected chi connectivity index (χ2v) is 10.5. The number of carbonyl (C=O) groups excluding carboxylic acids is 1. The number of rotatable bonds is 7. The third kappa shape index (κ3) is 5.66. The Balaban J connectivity index is 1.35. The van der Waals surface area contributed by atoms with Crippen LogP contribution in [0, 0.1) is 0 Å². The first-order chi connectivity index (χ1) is 17.8. The monoisotopic (exact) mass is 581 g/mol. The number of carbonyl (C=O) groups is 1. The molecule has 5 rings (SSSR count). The highest BCUT2D eigenvalue weighted by molar-refractivity contribution is 6.42. The largest absolute Gasteiger partial charge is 0.439 e. The molecule has 1 aliphatic rings. The molecule has 37 heavy (non-hydrogen) atoms. The van der Waals surface area contributed by atoms with Crippen LogP contribution in [-0.2, 0) is 13.6 Å². The summed E-state index contributed by atoms with van der Waals surface area (Å²) in [5, 5.41) is 16.4. The first kappa shape index (κ1) is 26.1. The summed E-state index contributed by atoms with van der Waals surface area (Å²) in [7, 11) is 1.74. The summed E-state index contributed by atoms with van der Waals surface area (Å²) in [6.45, 7) is 1.28. The van der Waals surface area contributed by atoms with E-state index in [9.17, 15) is 4.79 Å². The Bertz CT molecular complexity index is 1380. The van der Waals surface area contributed by atoms with Crippen molar-refractivity contribution in [3.8, 4) is 11.3 Å². The molecule has 13 heteroatoms. The molecule has 1 fully saturated rings. The van der Waals surface area contributed by atoms with Crippen LogP contribution >= 0.6 is 46.4 Å². The summed E-state index contributed by atoms with van der Waals surface area (Å²) in [4.78, 5) is 17.3. The lowest BCUT2D eigenvalue weighted by Gasteiger charge is -2.38. The molecule has 4 aromatic rings. The van der Waals surface area contributed by atoms with Gasteiger partial charge in [0, 0.05) is 44.2 Å². The zero-order valence-electron chi connectivity index (χ0n) is 19.7. The van der Waals surface area contributed by atoms with Gasteiger partial charge in [0.1, 0.15) is 12.7 Å². The predicted molar refractivity (Wildman–Crippen MR) is 142 cm³/mol. The number of furan rings is 1. The Morgan fingerprint density at radius 1 is 1.16 bits per heavy atom. The zero-order chi connectivity index (χ0) is 26.1. The summed E-state index contributed by atoms with van der Waals surface area (Å²) in [6.07, 6.45) is 6.35. The molecule has 1 aromatic carbocycles. The van der Waals surface area contributed by atoms with Gasteiger partial charge in [-0.15, -0.1) is 0 Å². The van der Waals surface area contributed by atoms with Crippen molar-refractivity contribution in [2.75, 3.05) is 6.54 Å². The lowest BCUT2D eigenvalue weighted by atomic mass is 9.81. The number of aromatic nitrogens is 5. The van der Waals surface area contributed by atoms with Gasteiger partial charge in [-0.05, 0) is 42.1 Å². The molecule has 4 heterocycles. The molecule has 194 valence electrons.